The van der Waals surface area contributed by atoms with Gasteiger partial charge in [-0.15, -0.1) is 0 Å². The zero-order valence-corrected chi connectivity index (χ0v) is 18.1. The van der Waals surface area contributed by atoms with Crippen molar-refractivity contribution in [1.29, 1.82) is 0 Å². The third-order valence-corrected chi connectivity index (χ3v) is 5.24. The number of nitrogens with zero attached hydrogens (tertiary/aromatic N) is 1. The molecule has 1 heterocycles. The fourth-order valence-corrected chi connectivity index (χ4v) is 3.40. The number of rotatable bonds is 7. The highest BCUT2D eigenvalue weighted by Crippen LogP contribution is 2.20. The molecule has 4 rings (SSSR count). The molecule has 33 heavy (non-hydrogen) atoms. The van der Waals surface area contributed by atoms with E-state index in [4.69, 9.17) is 21.4 Å². The van der Waals surface area contributed by atoms with Crippen molar-refractivity contribution in [1.82, 2.24) is 10.2 Å². The smallest absolute Gasteiger partial charge is 0.335 e. The SMILES string of the molecule is O=C(O)c1cccc(COc2ccc(/C=C3\NC(=O)N(Cc4ccc(Cl)cc4)C3=O)cc2)c1. The van der Waals surface area contributed by atoms with Crippen LogP contribution in [0.25, 0.3) is 6.08 Å². The molecule has 3 aromatic carbocycles. The molecule has 3 aromatic rings. The second-order valence-corrected chi connectivity index (χ2v) is 7.81. The van der Waals surface area contributed by atoms with Crippen molar-refractivity contribution in [2.75, 3.05) is 0 Å². The van der Waals surface area contributed by atoms with Crippen molar-refractivity contribution in [3.05, 3.63) is 106 Å². The van der Waals surface area contributed by atoms with Crippen LogP contribution in [0.15, 0.2) is 78.5 Å². The number of carboxylic acid groups (broad SMARTS) is 1. The Morgan fingerprint density at radius 2 is 1.73 bits per heavy atom. The van der Waals surface area contributed by atoms with Crippen molar-refractivity contribution >= 4 is 35.6 Å². The Kier molecular flexibility index (Phi) is 6.42. The molecule has 1 aliphatic heterocycles. The second kappa shape index (κ2) is 9.58. The monoisotopic (exact) mass is 462 g/mol. The molecular weight excluding hydrogens is 444 g/mol. The molecule has 0 unspecified atom stereocenters. The number of benzene rings is 3. The standard InChI is InChI=1S/C25H19ClN2O5/c26-20-8-4-17(5-9-20)14-28-23(29)22(27-25(28)32)13-16-6-10-21(11-7-16)33-15-18-2-1-3-19(12-18)24(30)31/h1-13H,14-15H2,(H,27,32)(H,30,31)/b22-13-. The van der Waals surface area contributed by atoms with Crippen molar-refractivity contribution < 1.29 is 24.2 Å². The fourth-order valence-electron chi connectivity index (χ4n) is 3.28. The molecule has 1 fully saturated rings. The fraction of sp³-hybridized carbons (Fsp3) is 0.0800. The first-order chi connectivity index (χ1) is 15.9. The van der Waals surface area contributed by atoms with Gasteiger partial charge < -0.3 is 15.2 Å². The Morgan fingerprint density at radius 1 is 1.00 bits per heavy atom. The summed E-state index contributed by atoms with van der Waals surface area (Å²) in [7, 11) is 0. The summed E-state index contributed by atoms with van der Waals surface area (Å²) in [5.41, 5.74) is 2.63. The van der Waals surface area contributed by atoms with E-state index in [1.807, 2.05) is 0 Å². The number of imide groups is 1. The zero-order chi connectivity index (χ0) is 23.4. The Balaban J connectivity index is 1.39. The average Bonchev–Trinajstić information content (AvgIpc) is 3.07. The summed E-state index contributed by atoms with van der Waals surface area (Å²) >= 11 is 5.88. The summed E-state index contributed by atoms with van der Waals surface area (Å²) in [5, 5.41) is 12.3. The number of carbonyl (C=O) groups is 3. The number of nitrogens with one attached hydrogen (secondary N) is 1. The molecule has 0 spiro atoms. The predicted octanol–water partition coefficient (Wildman–Crippen LogP) is 4.71. The predicted molar refractivity (Wildman–Crippen MR) is 123 cm³/mol. The summed E-state index contributed by atoms with van der Waals surface area (Å²) in [6.07, 6.45) is 1.60. The summed E-state index contributed by atoms with van der Waals surface area (Å²) in [6.45, 7) is 0.366. The van der Waals surface area contributed by atoms with Gasteiger partial charge in [0.15, 0.2) is 0 Å². The lowest BCUT2D eigenvalue weighted by molar-refractivity contribution is -0.123. The molecule has 1 saturated heterocycles. The summed E-state index contributed by atoms with van der Waals surface area (Å²) in [6, 6.07) is 20.0. The second-order valence-electron chi connectivity index (χ2n) is 7.37. The van der Waals surface area contributed by atoms with Gasteiger partial charge in [0.1, 0.15) is 18.1 Å². The number of aromatic carboxylic acids is 1. The van der Waals surface area contributed by atoms with E-state index in [9.17, 15) is 14.4 Å². The highest BCUT2D eigenvalue weighted by molar-refractivity contribution is 6.30. The number of urea groups is 1. The first-order valence-corrected chi connectivity index (χ1v) is 10.4. The Hall–Kier alpha value is -4.10. The number of halogens is 1. The molecule has 7 nitrogen and oxygen atoms in total. The molecule has 0 aromatic heterocycles. The summed E-state index contributed by atoms with van der Waals surface area (Å²) in [4.78, 5) is 37.1. The number of amides is 3. The zero-order valence-electron chi connectivity index (χ0n) is 17.3. The van der Waals surface area contributed by atoms with E-state index in [-0.39, 0.29) is 24.4 Å². The van der Waals surface area contributed by atoms with Gasteiger partial charge in [0.2, 0.25) is 0 Å². The van der Waals surface area contributed by atoms with Crippen LogP contribution in [0.3, 0.4) is 0 Å². The number of hydrogen-bond donors (Lipinski definition) is 2. The molecule has 1 aliphatic rings. The number of carbonyl (C=O) groups excluding carboxylic acids is 2. The van der Waals surface area contributed by atoms with Crippen LogP contribution in [-0.2, 0) is 17.9 Å². The van der Waals surface area contributed by atoms with Crippen LogP contribution < -0.4 is 10.1 Å². The maximum Gasteiger partial charge on any atom is 0.335 e. The van der Waals surface area contributed by atoms with Gasteiger partial charge in [-0.1, -0.05) is 48.0 Å². The third-order valence-electron chi connectivity index (χ3n) is 4.99. The molecular formula is C25H19ClN2O5. The minimum Gasteiger partial charge on any atom is -0.489 e. The summed E-state index contributed by atoms with van der Waals surface area (Å²) in [5.74, 6) is -0.813. The van der Waals surface area contributed by atoms with E-state index in [1.54, 1.807) is 72.8 Å². The van der Waals surface area contributed by atoms with Crippen molar-refractivity contribution in [3.63, 3.8) is 0 Å². The maximum atomic E-state index is 12.7. The van der Waals surface area contributed by atoms with Crippen LogP contribution in [-0.4, -0.2) is 27.9 Å². The van der Waals surface area contributed by atoms with Crippen molar-refractivity contribution in [2.24, 2.45) is 0 Å². The van der Waals surface area contributed by atoms with Gasteiger partial charge in [-0.2, -0.15) is 0 Å². The van der Waals surface area contributed by atoms with Gasteiger partial charge in [0.05, 0.1) is 12.1 Å². The van der Waals surface area contributed by atoms with Gasteiger partial charge in [0, 0.05) is 5.02 Å². The lowest BCUT2D eigenvalue weighted by Crippen LogP contribution is -2.30. The molecule has 0 radical (unpaired) electrons. The highest BCUT2D eigenvalue weighted by atomic mass is 35.5. The van der Waals surface area contributed by atoms with Crippen LogP contribution in [0.2, 0.25) is 5.02 Å². The molecule has 166 valence electrons. The van der Waals surface area contributed by atoms with Crippen LogP contribution >= 0.6 is 11.6 Å². The highest BCUT2D eigenvalue weighted by Gasteiger charge is 2.33. The first kappa shape index (κ1) is 22.1. The van der Waals surface area contributed by atoms with Crippen LogP contribution in [0.1, 0.15) is 27.0 Å². The largest absolute Gasteiger partial charge is 0.489 e. The van der Waals surface area contributed by atoms with Crippen LogP contribution in [0.4, 0.5) is 4.79 Å². The molecule has 0 atom stereocenters. The van der Waals surface area contributed by atoms with E-state index in [0.29, 0.717) is 16.3 Å². The summed E-state index contributed by atoms with van der Waals surface area (Å²) < 4.78 is 5.71. The molecule has 0 aliphatic carbocycles. The number of carboxylic acids is 1. The van der Waals surface area contributed by atoms with Gasteiger partial charge >= 0.3 is 12.0 Å². The normalized spacial score (nSPS) is 14.5. The van der Waals surface area contributed by atoms with Crippen molar-refractivity contribution in [2.45, 2.75) is 13.2 Å². The lowest BCUT2D eigenvalue weighted by Gasteiger charge is -2.11. The Bertz CT molecular complexity index is 1240. The topological polar surface area (TPSA) is 95.9 Å². The molecule has 2 N–H and O–H groups in total. The third kappa shape index (κ3) is 5.39. The van der Waals surface area contributed by atoms with E-state index in [0.717, 1.165) is 16.0 Å². The average molecular weight is 463 g/mol. The van der Waals surface area contributed by atoms with Crippen LogP contribution in [0.5, 0.6) is 5.75 Å². The van der Waals surface area contributed by atoms with E-state index in [1.165, 1.54) is 6.07 Å². The van der Waals surface area contributed by atoms with Crippen LogP contribution in [0, 0.1) is 0 Å². The first-order valence-electron chi connectivity index (χ1n) is 10.0. The Labute approximate surface area is 194 Å². The lowest BCUT2D eigenvalue weighted by atomic mass is 10.1. The Morgan fingerprint density at radius 3 is 2.42 bits per heavy atom. The van der Waals surface area contributed by atoms with E-state index in [2.05, 4.69) is 5.32 Å². The molecule has 0 bridgehead atoms. The van der Waals surface area contributed by atoms with Gasteiger partial charge in [-0.05, 0) is 59.2 Å². The van der Waals surface area contributed by atoms with E-state index >= 15 is 0 Å². The van der Waals surface area contributed by atoms with Crippen molar-refractivity contribution in [3.8, 4) is 5.75 Å². The molecule has 3 amide bonds. The van der Waals surface area contributed by atoms with Gasteiger partial charge in [-0.3, -0.25) is 9.69 Å². The van der Waals surface area contributed by atoms with E-state index < -0.39 is 17.9 Å². The molecule has 0 saturated carbocycles. The molecule has 8 heteroatoms. The maximum absolute atomic E-state index is 12.7. The number of ether oxygens (including phenoxy) is 1. The number of hydrogen-bond acceptors (Lipinski definition) is 4. The minimum absolute atomic E-state index is 0.148. The van der Waals surface area contributed by atoms with Gasteiger partial charge in [0.25, 0.3) is 5.91 Å². The van der Waals surface area contributed by atoms with Gasteiger partial charge in [-0.25, -0.2) is 9.59 Å². The minimum atomic E-state index is -0.991. The quantitative estimate of drug-likeness (QED) is 0.391.